The highest BCUT2D eigenvalue weighted by Gasteiger charge is 2.14. The van der Waals surface area contributed by atoms with Crippen LogP contribution >= 0.6 is 11.6 Å². The van der Waals surface area contributed by atoms with Gasteiger partial charge in [0.2, 0.25) is 0 Å². The molecule has 18 heavy (non-hydrogen) atoms. The second-order valence-corrected chi connectivity index (χ2v) is 3.93. The molecule has 0 saturated carbocycles. The average Bonchev–Trinajstić information content (AvgIpc) is 2.86. The first-order valence-electron chi connectivity index (χ1n) is 5.34. The van der Waals surface area contributed by atoms with Crippen molar-refractivity contribution < 1.29 is 5.21 Å². The van der Waals surface area contributed by atoms with Crippen LogP contribution in [0.5, 0.6) is 0 Å². The van der Waals surface area contributed by atoms with Crippen molar-refractivity contribution in [3.8, 4) is 5.82 Å². The van der Waals surface area contributed by atoms with Gasteiger partial charge in [0.15, 0.2) is 11.7 Å². The Morgan fingerprint density at radius 2 is 2.28 bits per heavy atom. The molecule has 2 aromatic heterocycles. The number of nitrogens with zero attached hydrogens (tertiary/aromatic N) is 4. The summed E-state index contributed by atoms with van der Waals surface area (Å²) >= 11 is 6.22. The van der Waals surface area contributed by atoms with Crippen molar-refractivity contribution in [1.29, 1.82) is 0 Å². The fraction of sp³-hybridized carbons (Fsp3) is 0.182. The molecule has 0 radical (unpaired) electrons. The molecule has 0 aliphatic heterocycles. The molecule has 0 aliphatic carbocycles. The summed E-state index contributed by atoms with van der Waals surface area (Å²) in [5, 5.41) is 12.0. The average molecular weight is 266 g/mol. The Bertz CT molecular complexity index is 593. The van der Waals surface area contributed by atoms with Crippen LogP contribution in [-0.2, 0) is 6.42 Å². The van der Waals surface area contributed by atoms with Crippen LogP contribution in [0.3, 0.4) is 0 Å². The van der Waals surface area contributed by atoms with Gasteiger partial charge in [-0.1, -0.05) is 23.7 Å². The Kier molecular flexibility index (Phi) is 3.47. The second kappa shape index (κ2) is 5.05. The van der Waals surface area contributed by atoms with Gasteiger partial charge in [0.1, 0.15) is 5.82 Å². The monoisotopic (exact) mass is 265 g/mol. The number of aromatic nitrogens is 3. The van der Waals surface area contributed by atoms with E-state index >= 15 is 0 Å². The van der Waals surface area contributed by atoms with Crippen molar-refractivity contribution in [2.45, 2.75) is 13.3 Å². The van der Waals surface area contributed by atoms with Gasteiger partial charge in [0.25, 0.3) is 0 Å². The molecule has 2 aromatic rings. The largest absolute Gasteiger partial charge is 0.409 e. The number of oxime groups is 1. The normalized spacial score (nSPS) is 11.8. The van der Waals surface area contributed by atoms with Crippen molar-refractivity contribution in [3.05, 3.63) is 41.1 Å². The Morgan fingerprint density at radius 3 is 2.94 bits per heavy atom. The van der Waals surface area contributed by atoms with Gasteiger partial charge in [-0.05, 0) is 6.07 Å². The Morgan fingerprint density at radius 1 is 1.50 bits per heavy atom. The van der Waals surface area contributed by atoms with Crippen LogP contribution in [0.2, 0.25) is 5.02 Å². The summed E-state index contributed by atoms with van der Waals surface area (Å²) in [7, 11) is 0. The Labute approximate surface area is 109 Å². The number of pyridine rings is 1. The molecule has 6 nitrogen and oxygen atoms in total. The maximum Gasteiger partial charge on any atom is 0.171 e. The van der Waals surface area contributed by atoms with Crippen molar-refractivity contribution in [3.63, 3.8) is 0 Å². The zero-order valence-electron chi connectivity index (χ0n) is 9.71. The van der Waals surface area contributed by atoms with Gasteiger partial charge in [-0.25, -0.2) is 9.97 Å². The maximum atomic E-state index is 8.70. The zero-order valence-corrected chi connectivity index (χ0v) is 10.5. The van der Waals surface area contributed by atoms with E-state index in [0.29, 0.717) is 16.4 Å². The van der Waals surface area contributed by atoms with Crippen molar-refractivity contribution in [1.82, 2.24) is 14.5 Å². The van der Waals surface area contributed by atoms with E-state index < -0.39 is 0 Å². The van der Waals surface area contributed by atoms with E-state index in [4.69, 9.17) is 22.5 Å². The lowest BCUT2D eigenvalue weighted by Gasteiger charge is -2.10. The lowest BCUT2D eigenvalue weighted by atomic mass is 10.2. The Balaban J connectivity index is 2.60. The van der Waals surface area contributed by atoms with Gasteiger partial charge in [0.05, 0.1) is 5.02 Å². The number of rotatable bonds is 3. The highest BCUT2D eigenvalue weighted by Crippen LogP contribution is 2.23. The summed E-state index contributed by atoms with van der Waals surface area (Å²) in [4.78, 5) is 8.41. The van der Waals surface area contributed by atoms with E-state index in [2.05, 4.69) is 15.1 Å². The molecule has 0 spiro atoms. The number of hydrogen-bond acceptors (Lipinski definition) is 4. The molecule has 0 aromatic carbocycles. The summed E-state index contributed by atoms with van der Waals surface area (Å²) in [6.45, 7) is 1.99. The van der Waals surface area contributed by atoms with Gasteiger partial charge < -0.3 is 10.9 Å². The molecule has 0 saturated heterocycles. The van der Waals surface area contributed by atoms with Gasteiger partial charge >= 0.3 is 0 Å². The summed E-state index contributed by atoms with van der Waals surface area (Å²) in [5.41, 5.74) is 5.98. The van der Waals surface area contributed by atoms with Gasteiger partial charge in [-0.2, -0.15) is 0 Å². The number of hydrogen-bond donors (Lipinski definition) is 2. The van der Waals surface area contributed by atoms with Crippen molar-refractivity contribution in [2.24, 2.45) is 10.9 Å². The van der Waals surface area contributed by atoms with Crippen LogP contribution < -0.4 is 5.73 Å². The predicted molar refractivity (Wildman–Crippen MR) is 68.3 cm³/mol. The number of halogens is 1. The summed E-state index contributed by atoms with van der Waals surface area (Å²) in [5.74, 6) is 1.29. The van der Waals surface area contributed by atoms with Crippen LogP contribution in [0.15, 0.2) is 29.8 Å². The highest BCUT2D eigenvalue weighted by atomic mass is 35.5. The van der Waals surface area contributed by atoms with Gasteiger partial charge in [0, 0.05) is 30.6 Å². The van der Waals surface area contributed by atoms with Gasteiger partial charge in [-0.3, -0.25) is 4.57 Å². The smallest absolute Gasteiger partial charge is 0.171 e. The third-order valence-corrected chi connectivity index (χ3v) is 2.89. The van der Waals surface area contributed by atoms with Gasteiger partial charge in [-0.15, -0.1) is 0 Å². The molecule has 94 valence electrons. The van der Waals surface area contributed by atoms with E-state index in [0.717, 1.165) is 12.2 Å². The fourth-order valence-corrected chi connectivity index (χ4v) is 1.94. The molecule has 0 amide bonds. The summed E-state index contributed by atoms with van der Waals surface area (Å²) in [6.07, 6.45) is 5.74. The first-order valence-corrected chi connectivity index (χ1v) is 5.71. The highest BCUT2D eigenvalue weighted by molar-refractivity contribution is 6.35. The number of nitrogens with two attached hydrogens (primary N) is 1. The molecule has 0 aliphatic rings. The molecule has 2 heterocycles. The number of imidazole rings is 1. The molecule has 0 bridgehead atoms. The second-order valence-electron chi connectivity index (χ2n) is 3.55. The molecule has 3 N–H and O–H groups in total. The minimum atomic E-state index is -0.0539. The van der Waals surface area contributed by atoms with E-state index in [1.165, 1.54) is 0 Å². The number of aryl methyl sites for hydroxylation is 1. The maximum absolute atomic E-state index is 8.70. The van der Waals surface area contributed by atoms with Crippen LogP contribution in [0, 0.1) is 0 Å². The van der Waals surface area contributed by atoms with E-state index in [1.807, 2.05) is 6.92 Å². The topological polar surface area (TPSA) is 89.3 Å². The molecule has 2 rings (SSSR count). The molecular weight excluding hydrogens is 254 g/mol. The van der Waals surface area contributed by atoms with Crippen LogP contribution in [0.1, 0.15) is 18.3 Å². The SMILES string of the molecule is CCc1nccn1-c1nccc(/C(N)=N/O)c1Cl. The minimum Gasteiger partial charge on any atom is -0.409 e. The third-order valence-electron chi connectivity index (χ3n) is 2.52. The molecule has 0 fully saturated rings. The van der Waals surface area contributed by atoms with E-state index in [1.54, 1.807) is 29.2 Å². The quantitative estimate of drug-likeness (QED) is 0.382. The third kappa shape index (κ3) is 2.02. The lowest BCUT2D eigenvalue weighted by molar-refractivity contribution is 0.318. The Hall–Kier alpha value is -2.08. The molecular formula is C11H12ClN5O. The molecule has 0 unspecified atom stereocenters. The van der Waals surface area contributed by atoms with E-state index in [-0.39, 0.29) is 5.84 Å². The van der Waals surface area contributed by atoms with Crippen LogP contribution in [0.4, 0.5) is 0 Å². The minimum absolute atomic E-state index is 0.0539. The first-order chi connectivity index (χ1) is 8.69. The number of amidine groups is 1. The molecule has 0 atom stereocenters. The van der Waals surface area contributed by atoms with Crippen LogP contribution in [0.25, 0.3) is 5.82 Å². The molecule has 7 heteroatoms. The van der Waals surface area contributed by atoms with Crippen LogP contribution in [-0.4, -0.2) is 25.6 Å². The van der Waals surface area contributed by atoms with E-state index in [9.17, 15) is 0 Å². The lowest BCUT2D eigenvalue weighted by Crippen LogP contribution is -2.15. The van der Waals surface area contributed by atoms with Crippen molar-refractivity contribution >= 4 is 17.4 Å². The van der Waals surface area contributed by atoms with Crippen molar-refractivity contribution in [2.75, 3.05) is 0 Å². The standard InChI is InChI=1S/C11H12ClN5O/c1-2-8-14-5-6-17(8)11-9(12)7(3-4-15-11)10(13)16-18/h3-6,18H,2H2,1H3,(H2,13,16). The fourth-order valence-electron chi connectivity index (χ4n) is 1.64. The first kappa shape index (κ1) is 12.4. The zero-order chi connectivity index (χ0) is 13.1. The summed E-state index contributed by atoms with van der Waals surface area (Å²) in [6, 6.07) is 1.59. The predicted octanol–water partition coefficient (Wildman–Crippen LogP) is 1.58. The summed E-state index contributed by atoms with van der Waals surface area (Å²) < 4.78 is 1.77.